The van der Waals surface area contributed by atoms with Gasteiger partial charge in [-0.3, -0.25) is 0 Å². The third kappa shape index (κ3) is 3.82. The van der Waals surface area contributed by atoms with E-state index < -0.39 is 0 Å². The Hall–Kier alpha value is -2.82. The molecule has 3 rings (SSSR count). The van der Waals surface area contributed by atoms with E-state index in [2.05, 4.69) is 47.6 Å². The van der Waals surface area contributed by atoms with Gasteiger partial charge in [0.25, 0.3) is 0 Å². The first kappa shape index (κ1) is 17.0. The highest BCUT2D eigenvalue weighted by atomic mass is 16.5. The van der Waals surface area contributed by atoms with Crippen molar-refractivity contribution in [2.75, 3.05) is 12.4 Å². The van der Waals surface area contributed by atoms with Crippen molar-refractivity contribution in [1.82, 2.24) is 10.2 Å². The smallest absolute Gasteiger partial charge is 0.247 e. The molecule has 0 saturated carbocycles. The first-order valence-electron chi connectivity index (χ1n) is 8.56. The van der Waals surface area contributed by atoms with Gasteiger partial charge in [-0.15, -0.1) is 10.2 Å². The van der Waals surface area contributed by atoms with Gasteiger partial charge in [-0.1, -0.05) is 32.0 Å². The number of para-hydroxylation sites is 1. The van der Waals surface area contributed by atoms with Crippen molar-refractivity contribution in [3.8, 4) is 17.2 Å². The molecule has 1 heterocycles. The summed E-state index contributed by atoms with van der Waals surface area (Å²) in [4.78, 5) is 0. The van der Waals surface area contributed by atoms with Crippen LogP contribution in [0.5, 0.6) is 5.75 Å². The SMILES string of the molecule is CCc1cccc(CC)c1NCc1nnc(-c2ccc(OC)cc2)o1. The van der Waals surface area contributed by atoms with Crippen LogP contribution >= 0.6 is 0 Å². The van der Waals surface area contributed by atoms with Crippen molar-refractivity contribution in [3.63, 3.8) is 0 Å². The number of aryl methyl sites for hydroxylation is 2. The fourth-order valence-electron chi connectivity index (χ4n) is 2.81. The molecule has 3 aromatic rings. The van der Waals surface area contributed by atoms with Crippen LogP contribution in [0, 0.1) is 0 Å². The molecular weight excluding hydrogens is 314 g/mol. The van der Waals surface area contributed by atoms with Gasteiger partial charge in [-0.2, -0.15) is 0 Å². The molecule has 0 spiro atoms. The van der Waals surface area contributed by atoms with E-state index in [-0.39, 0.29) is 0 Å². The van der Waals surface area contributed by atoms with Crippen LogP contribution in [-0.2, 0) is 19.4 Å². The number of ether oxygens (including phenoxy) is 1. The van der Waals surface area contributed by atoms with Crippen LogP contribution in [0.25, 0.3) is 11.5 Å². The Morgan fingerprint density at radius 3 is 2.24 bits per heavy atom. The normalized spacial score (nSPS) is 10.7. The molecule has 0 aliphatic heterocycles. The Morgan fingerprint density at radius 1 is 0.960 bits per heavy atom. The van der Waals surface area contributed by atoms with Gasteiger partial charge in [-0.25, -0.2) is 0 Å². The van der Waals surface area contributed by atoms with Crippen molar-refractivity contribution < 1.29 is 9.15 Å². The van der Waals surface area contributed by atoms with Crippen LogP contribution in [-0.4, -0.2) is 17.3 Å². The van der Waals surface area contributed by atoms with Crippen LogP contribution in [0.3, 0.4) is 0 Å². The summed E-state index contributed by atoms with van der Waals surface area (Å²) in [7, 11) is 1.64. The molecule has 0 aliphatic carbocycles. The largest absolute Gasteiger partial charge is 0.497 e. The third-order valence-electron chi connectivity index (χ3n) is 4.22. The van der Waals surface area contributed by atoms with E-state index in [1.807, 2.05) is 24.3 Å². The highest BCUT2D eigenvalue weighted by Gasteiger charge is 2.11. The van der Waals surface area contributed by atoms with Crippen molar-refractivity contribution in [3.05, 3.63) is 59.5 Å². The van der Waals surface area contributed by atoms with Gasteiger partial charge in [0.2, 0.25) is 11.8 Å². The summed E-state index contributed by atoms with van der Waals surface area (Å²) >= 11 is 0. The molecule has 1 aromatic heterocycles. The second-order valence-electron chi connectivity index (χ2n) is 5.74. The number of hydrogen-bond acceptors (Lipinski definition) is 5. The van der Waals surface area contributed by atoms with Crippen molar-refractivity contribution in [1.29, 1.82) is 0 Å². The van der Waals surface area contributed by atoms with Crippen LogP contribution < -0.4 is 10.1 Å². The van der Waals surface area contributed by atoms with Crippen molar-refractivity contribution in [2.45, 2.75) is 33.2 Å². The molecule has 0 saturated heterocycles. The number of nitrogens with one attached hydrogen (secondary N) is 1. The lowest BCUT2D eigenvalue weighted by Gasteiger charge is -2.14. The number of methoxy groups -OCH3 is 1. The van der Waals surface area contributed by atoms with E-state index in [1.54, 1.807) is 7.11 Å². The third-order valence-corrected chi connectivity index (χ3v) is 4.22. The Morgan fingerprint density at radius 2 is 1.64 bits per heavy atom. The Balaban J connectivity index is 1.74. The van der Waals surface area contributed by atoms with Crippen LogP contribution in [0.4, 0.5) is 5.69 Å². The highest BCUT2D eigenvalue weighted by Crippen LogP contribution is 2.24. The molecule has 0 atom stereocenters. The van der Waals surface area contributed by atoms with Crippen molar-refractivity contribution in [2.24, 2.45) is 0 Å². The fourth-order valence-corrected chi connectivity index (χ4v) is 2.81. The van der Waals surface area contributed by atoms with Crippen LogP contribution in [0.2, 0.25) is 0 Å². The lowest BCUT2D eigenvalue weighted by atomic mass is 10.0. The number of hydrogen-bond donors (Lipinski definition) is 1. The first-order valence-corrected chi connectivity index (χ1v) is 8.56. The summed E-state index contributed by atoms with van der Waals surface area (Å²) < 4.78 is 11.0. The zero-order valence-electron chi connectivity index (χ0n) is 14.9. The minimum absolute atomic E-state index is 0.507. The van der Waals surface area contributed by atoms with Crippen LogP contribution in [0.15, 0.2) is 46.9 Å². The Bertz CT molecular complexity index is 803. The maximum absolute atomic E-state index is 5.79. The maximum Gasteiger partial charge on any atom is 0.247 e. The summed E-state index contributed by atoms with van der Waals surface area (Å²) in [5, 5.41) is 11.8. The molecule has 5 heteroatoms. The number of anilines is 1. The molecule has 130 valence electrons. The lowest BCUT2D eigenvalue weighted by molar-refractivity contribution is 0.415. The second kappa shape index (κ2) is 7.83. The molecule has 2 aromatic carbocycles. The molecule has 0 radical (unpaired) electrons. The van der Waals surface area contributed by atoms with E-state index in [1.165, 1.54) is 16.8 Å². The number of benzene rings is 2. The molecule has 0 amide bonds. The molecule has 0 bridgehead atoms. The van der Waals surface area contributed by atoms with Gasteiger partial charge in [0.05, 0.1) is 13.7 Å². The van der Waals surface area contributed by atoms with Gasteiger partial charge in [-0.05, 0) is 48.2 Å². The molecule has 0 fully saturated rings. The summed E-state index contributed by atoms with van der Waals surface area (Å²) in [6, 6.07) is 14.0. The minimum atomic E-state index is 0.507. The summed E-state index contributed by atoms with van der Waals surface area (Å²) in [5.74, 6) is 1.88. The average molecular weight is 337 g/mol. The number of aromatic nitrogens is 2. The van der Waals surface area contributed by atoms with Gasteiger partial charge in [0.1, 0.15) is 5.75 Å². The predicted octanol–water partition coefficient (Wildman–Crippen LogP) is 4.48. The van der Waals surface area contributed by atoms with E-state index in [4.69, 9.17) is 9.15 Å². The van der Waals surface area contributed by atoms with E-state index in [9.17, 15) is 0 Å². The molecule has 1 N–H and O–H groups in total. The Kier molecular flexibility index (Phi) is 5.33. The minimum Gasteiger partial charge on any atom is -0.497 e. The number of nitrogens with zero attached hydrogens (tertiary/aromatic N) is 2. The molecular formula is C20H23N3O2. The van der Waals surface area contributed by atoms with Gasteiger partial charge >= 0.3 is 0 Å². The van der Waals surface area contributed by atoms with Gasteiger partial charge in [0.15, 0.2) is 0 Å². The van der Waals surface area contributed by atoms with E-state index >= 15 is 0 Å². The second-order valence-corrected chi connectivity index (χ2v) is 5.74. The molecule has 25 heavy (non-hydrogen) atoms. The van der Waals surface area contributed by atoms with Crippen LogP contribution in [0.1, 0.15) is 30.9 Å². The highest BCUT2D eigenvalue weighted by molar-refractivity contribution is 5.58. The first-order chi connectivity index (χ1) is 12.2. The molecule has 5 nitrogen and oxygen atoms in total. The van der Waals surface area contributed by atoms with Gasteiger partial charge in [0, 0.05) is 11.3 Å². The zero-order valence-corrected chi connectivity index (χ0v) is 14.9. The van der Waals surface area contributed by atoms with Gasteiger partial charge < -0.3 is 14.5 Å². The summed E-state index contributed by atoms with van der Waals surface area (Å²) in [6.07, 6.45) is 1.97. The summed E-state index contributed by atoms with van der Waals surface area (Å²) in [6.45, 7) is 4.83. The molecule has 0 aliphatic rings. The predicted molar refractivity (Wildman–Crippen MR) is 98.8 cm³/mol. The topological polar surface area (TPSA) is 60.2 Å². The standard InChI is InChI=1S/C20H23N3O2/c1-4-14-7-6-8-15(5-2)19(14)21-13-18-22-23-20(25-18)16-9-11-17(24-3)12-10-16/h6-12,21H,4-5,13H2,1-3H3. The average Bonchev–Trinajstić information content (AvgIpc) is 3.15. The summed E-state index contributed by atoms with van der Waals surface area (Å²) in [5.41, 5.74) is 4.66. The Labute approximate surface area is 148 Å². The quantitative estimate of drug-likeness (QED) is 0.689. The number of rotatable bonds is 7. The fraction of sp³-hybridized carbons (Fsp3) is 0.300. The zero-order chi connectivity index (χ0) is 17.6. The van der Waals surface area contributed by atoms with E-state index in [0.717, 1.165) is 24.2 Å². The maximum atomic E-state index is 5.79. The molecule has 0 unspecified atom stereocenters. The lowest BCUT2D eigenvalue weighted by Crippen LogP contribution is -2.05. The van der Waals surface area contributed by atoms with Crippen molar-refractivity contribution >= 4 is 5.69 Å². The monoisotopic (exact) mass is 337 g/mol. The van der Waals surface area contributed by atoms with E-state index in [0.29, 0.717) is 18.3 Å².